The summed E-state index contributed by atoms with van der Waals surface area (Å²) >= 11 is 0. The van der Waals surface area contributed by atoms with Crippen LogP contribution in [0, 0.1) is 16.7 Å². The highest BCUT2D eigenvalue weighted by molar-refractivity contribution is 5.94. The van der Waals surface area contributed by atoms with Crippen LogP contribution in [-0.2, 0) is 0 Å². The summed E-state index contributed by atoms with van der Waals surface area (Å²) in [5.41, 5.74) is 3.39. The van der Waals surface area contributed by atoms with Crippen molar-refractivity contribution in [3.05, 3.63) is 30.3 Å². The van der Waals surface area contributed by atoms with Crippen molar-refractivity contribution in [3.63, 3.8) is 0 Å². The summed E-state index contributed by atoms with van der Waals surface area (Å²) in [6, 6.07) is 10.4. The summed E-state index contributed by atoms with van der Waals surface area (Å²) in [4.78, 5) is 7.28. The predicted molar refractivity (Wildman–Crippen MR) is 102 cm³/mol. The molecule has 0 aromatic heterocycles. The van der Waals surface area contributed by atoms with Gasteiger partial charge in [0.2, 0.25) is 0 Å². The molecule has 3 nitrogen and oxygen atoms in total. The minimum Gasteiger partial charge on any atom is -0.395 e. The van der Waals surface area contributed by atoms with Crippen molar-refractivity contribution in [2.75, 3.05) is 31.1 Å². The Labute approximate surface area is 146 Å². The molecule has 1 N–H and O–H groups in total. The zero-order valence-electron chi connectivity index (χ0n) is 15.5. The smallest absolute Gasteiger partial charge is 0.0606 e. The van der Waals surface area contributed by atoms with Crippen molar-refractivity contribution in [3.8, 4) is 0 Å². The molecule has 0 spiro atoms. The summed E-state index contributed by atoms with van der Waals surface area (Å²) < 4.78 is 0. The van der Waals surface area contributed by atoms with E-state index in [9.17, 15) is 5.11 Å². The number of anilines is 1. The molecule has 1 aromatic carbocycles. The number of hydrogen-bond acceptors (Lipinski definition) is 3. The maximum atomic E-state index is 9.32. The van der Waals surface area contributed by atoms with Crippen LogP contribution in [0.2, 0.25) is 0 Å². The van der Waals surface area contributed by atoms with Crippen LogP contribution in [0.1, 0.15) is 46.5 Å². The third kappa shape index (κ3) is 2.99. The molecule has 2 bridgehead atoms. The molecule has 2 aliphatic carbocycles. The number of benzene rings is 1. The van der Waals surface area contributed by atoms with Gasteiger partial charge in [-0.3, -0.25) is 4.99 Å². The number of aliphatic imine (C=N–C) groups is 1. The highest BCUT2D eigenvalue weighted by Crippen LogP contribution is 2.63. The fourth-order valence-electron chi connectivity index (χ4n) is 4.77. The Morgan fingerprint density at radius 2 is 1.92 bits per heavy atom. The fourth-order valence-corrected chi connectivity index (χ4v) is 4.77. The Hall–Kier alpha value is -1.35. The summed E-state index contributed by atoms with van der Waals surface area (Å²) in [7, 11) is 0. The van der Waals surface area contributed by atoms with Gasteiger partial charge in [0.15, 0.2) is 0 Å². The highest BCUT2D eigenvalue weighted by atomic mass is 16.3. The molecule has 0 radical (unpaired) electrons. The van der Waals surface area contributed by atoms with Crippen LogP contribution in [0.25, 0.3) is 0 Å². The van der Waals surface area contributed by atoms with E-state index in [0.717, 1.165) is 25.4 Å². The van der Waals surface area contributed by atoms with Crippen LogP contribution >= 0.6 is 0 Å². The monoisotopic (exact) mass is 328 g/mol. The predicted octanol–water partition coefficient (Wildman–Crippen LogP) is 4.16. The standard InChI is InChI=1S/C21H32N2O/c1-20(2)17-10-11-21(20,3)19(16-17)22-12-7-13-23(14-15-24)18-8-5-4-6-9-18/h4-6,8-9,17,24H,7,10-16H2,1-3H3. The molecule has 3 heteroatoms. The second-order valence-electron chi connectivity index (χ2n) is 8.22. The number of nitrogens with zero attached hydrogens (tertiary/aromatic N) is 2. The van der Waals surface area contributed by atoms with Gasteiger partial charge in [-0.05, 0) is 49.1 Å². The Morgan fingerprint density at radius 1 is 1.17 bits per heavy atom. The number of aliphatic hydroxyl groups excluding tert-OH is 1. The summed E-state index contributed by atoms with van der Waals surface area (Å²) in [5.74, 6) is 0.830. The number of aliphatic hydroxyl groups is 1. The van der Waals surface area contributed by atoms with Crippen LogP contribution in [0.3, 0.4) is 0 Å². The van der Waals surface area contributed by atoms with Crippen LogP contribution in [0.5, 0.6) is 0 Å². The van der Waals surface area contributed by atoms with Crippen molar-refractivity contribution >= 4 is 11.4 Å². The van der Waals surface area contributed by atoms with Gasteiger partial charge in [-0.25, -0.2) is 0 Å². The van der Waals surface area contributed by atoms with Gasteiger partial charge in [-0.15, -0.1) is 0 Å². The Kier molecular flexibility index (Phi) is 5.00. The quantitative estimate of drug-likeness (QED) is 0.763. The van der Waals surface area contributed by atoms with E-state index in [1.165, 1.54) is 30.7 Å². The molecule has 2 aliphatic rings. The fraction of sp³-hybridized carbons (Fsp3) is 0.667. The van der Waals surface area contributed by atoms with E-state index in [1.807, 2.05) is 6.07 Å². The lowest BCUT2D eigenvalue weighted by molar-refractivity contribution is 0.194. The lowest BCUT2D eigenvalue weighted by Gasteiger charge is -2.34. The Balaban J connectivity index is 1.57. The van der Waals surface area contributed by atoms with Gasteiger partial charge >= 0.3 is 0 Å². The van der Waals surface area contributed by atoms with Crippen LogP contribution in [-0.4, -0.2) is 37.1 Å². The van der Waals surface area contributed by atoms with Crippen molar-refractivity contribution < 1.29 is 5.11 Å². The summed E-state index contributed by atoms with van der Waals surface area (Å²) in [5, 5.41) is 9.32. The summed E-state index contributed by atoms with van der Waals surface area (Å²) in [6.07, 6.45) is 4.94. The third-order valence-electron chi connectivity index (χ3n) is 6.89. The van der Waals surface area contributed by atoms with Gasteiger partial charge in [0.1, 0.15) is 0 Å². The molecule has 2 saturated carbocycles. The Morgan fingerprint density at radius 3 is 2.50 bits per heavy atom. The molecular formula is C21H32N2O. The number of hydrogen-bond donors (Lipinski definition) is 1. The minimum absolute atomic E-state index is 0.192. The van der Waals surface area contributed by atoms with Gasteiger partial charge < -0.3 is 10.0 Å². The lowest BCUT2D eigenvalue weighted by Crippen LogP contribution is -2.33. The van der Waals surface area contributed by atoms with E-state index in [1.54, 1.807) is 0 Å². The third-order valence-corrected chi connectivity index (χ3v) is 6.89. The zero-order valence-corrected chi connectivity index (χ0v) is 15.5. The number of para-hydroxylation sites is 1. The van der Waals surface area contributed by atoms with E-state index in [4.69, 9.17) is 4.99 Å². The first-order valence-corrected chi connectivity index (χ1v) is 9.44. The topological polar surface area (TPSA) is 35.8 Å². The van der Waals surface area contributed by atoms with Crippen molar-refractivity contribution in [2.45, 2.75) is 46.5 Å². The van der Waals surface area contributed by atoms with E-state index in [2.05, 4.69) is 49.9 Å². The minimum atomic E-state index is 0.192. The van der Waals surface area contributed by atoms with E-state index in [-0.39, 0.29) is 6.61 Å². The second kappa shape index (κ2) is 6.87. The molecule has 3 rings (SSSR count). The van der Waals surface area contributed by atoms with E-state index in [0.29, 0.717) is 17.4 Å². The second-order valence-corrected chi connectivity index (χ2v) is 8.22. The van der Waals surface area contributed by atoms with Crippen LogP contribution in [0.4, 0.5) is 5.69 Å². The molecule has 1 aromatic rings. The molecule has 2 fully saturated rings. The van der Waals surface area contributed by atoms with Gasteiger partial charge in [0.25, 0.3) is 0 Å². The average Bonchev–Trinajstić information content (AvgIpc) is 2.91. The molecule has 2 atom stereocenters. The largest absolute Gasteiger partial charge is 0.395 e. The number of fused-ring (bicyclic) bond motifs is 2. The first kappa shape index (κ1) is 17.5. The molecule has 0 saturated heterocycles. The molecular weight excluding hydrogens is 296 g/mol. The lowest BCUT2D eigenvalue weighted by atomic mass is 9.70. The number of rotatable bonds is 7. The molecule has 24 heavy (non-hydrogen) atoms. The molecule has 132 valence electrons. The van der Waals surface area contributed by atoms with Gasteiger partial charge in [-0.2, -0.15) is 0 Å². The maximum Gasteiger partial charge on any atom is 0.0606 e. The van der Waals surface area contributed by atoms with E-state index < -0.39 is 0 Å². The molecule has 0 aliphatic heterocycles. The van der Waals surface area contributed by atoms with Gasteiger partial charge in [0.05, 0.1) is 6.61 Å². The van der Waals surface area contributed by atoms with Crippen LogP contribution < -0.4 is 4.90 Å². The normalized spacial score (nSPS) is 29.3. The molecule has 2 unspecified atom stereocenters. The maximum absolute atomic E-state index is 9.32. The van der Waals surface area contributed by atoms with Gasteiger partial charge in [-0.1, -0.05) is 39.0 Å². The van der Waals surface area contributed by atoms with Gasteiger partial charge in [0, 0.05) is 36.4 Å². The summed E-state index contributed by atoms with van der Waals surface area (Å²) in [6.45, 7) is 10.0. The van der Waals surface area contributed by atoms with Crippen LogP contribution in [0.15, 0.2) is 35.3 Å². The first-order valence-electron chi connectivity index (χ1n) is 9.44. The SMILES string of the molecule is CC12CCC(CC1=NCCCN(CCO)c1ccccc1)C2(C)C. The van der Waals surface area contributed by atoms with Crippen molar-refractivity contribution in [1.82, 2.24) is 0 Å². The molecule has 0 heterocycles. The Bertz CT molecular complexity index is 581. The highest BCUT2D eigenvalue weighted by Gasteiger charge is 2.59. The van der Waals surface area contributed by atoms with Crippen molar-refractivity contribution in [1.29, 1.82) is 0 Å². The average molecular weight is 329 g/mol. The van der Waals surface area contributed by atoms with E-state index >= 15 is 0 Å². The van der Waals surface area contributed by atoms with Crippen molar-refractivity contribution in [2.24, 2.45) is 21.7 Å². The zero-order chi connectivity index (χ0) is 17.2. The molecule has 0 amide bonds. The first-order chi connectivity index (χ1) is 11.5.